The zero-order valence-electron chi connectivity index (χ0n) is 9.89. The zero-order chi connectivity index (χ0) is 13.3. The Balaban J connectivity index is 2.86. The fraction of sp³-hybridized carbons (Fsp3) is 0.250. The van der Waals surface area contributed by atoms with Crippen LogP contribution in [0.1, 0.15) is 5.76 Å². The smallest absolute Gasteiger partial charge is 0.238 e. The van der Waals surface area contributed by atoms with Gasteiger partial charge in [0, 0.05) is 19.2 Å². The van der Waals surface area contributed by atoms with E-state index in [9.17, 15) is 15.0 Å². The van der Waals surface area contributed by atoms with Crippen molar-refractivity contribution >= 4 is 11.0 Å². The van der Waals surface area contributed by atoms with Crippen molar-refractivity contribution in [2.45, 2.75) is 6.61 Å². The largest absolute Gasteiger partial charge is 0.508 e. The molecule has 6 heteroatoms. The van der Waals surface area contributed by atoms with Gasteiger partial charge in [-0.3, -0.25) is 4.79 Å². The summed E-state index contributed by atoms with van der Waals surface area (Å²) in [6.45, 7) is 0.0464. The lowest BCUT2D eigenvalue weighted by atomic mass is 10.2. The van der Waals surface area contributed by atoms with Crippen LogP contribution in [0.4, 0.5) is 0 Å². The maximum atomic E-state index is 12.1. The van der Waals surface area contributed by atoms with Gasteiger partial charge in [0.25, 0.3) is 0 Å². The van der Waals surface area contributed by atoms with Crippen LogP contribution < -0.4 is 10.2 Å². The molecule has 0 spiro atoms. The number of methoxy groups -OCH3 is 2. The quantitative estimate of drug-likeness (QED) is 0.857. The Morgan fingerprint density at radius 2 is 2.00 bits per heavy atom. The molecule has 0 bridgehead atoms. The normalized spacial score (nSPS) is 10.8. The van der Waals surface area contributed by atoms with Gasteiger partial charge < -0.3 is 24.1 Å². The van der Waals surface area contributed by atoms with Gasteiger partial charge in [-0.05, 0) is 0 Å². The number of phenolic OH excluding ortho intramolecular Hbond substituents is 2. The van der Waals surface area contributed by atoms with Crippen LogP contribution in [-0.4, -0.2) is 24.4 Å². The number of hydrogen-bond acceptors (Lipinski definition) is 6. The number of aromatic hydroxyl groups is 2. The number of fused-ring (bicyclic) bond motifs is 1. The minimum Gasteiger partial charge on any atom is -0.508 e. The highest BCUT2D eigenvalue weighted by Crippen LogP contribution is 2.30. The second-order valence-electron chi connectivity index (χ2n) is 3.66. The van der Waals surface area contributed by atoms with Gasteiger partial charge in [0.1, 0.15) is 29.1 Å². The van der Waals surface area contributed by atoms with Gasteiger partial charge in [-0.1, -0.05) is 0 Å². The van der Waals surface area contributed by atoms with Crippen LogP contribution in [0.15, 0.2) is 21.3 Å². The lowest BCUT2D eigenvalue weighted by molar-refractivity contribution is 0.159. The van der Waals surface area contributed by atoms with E-state index in [4.69, 9.17) is 13.9 Å². The summed E-state index contributed by atoms with van der Waals surface area (Å²) in [4.78, 5) is 12.1. The molecule has 2 aromatic rings. The van der Waals surface area contributed by atoms with Crippen LogP contribution in [0.5, 0.6) is 17.2 Å². The average molecular weight is 252 g/mol. The first-order valence-corrected chi connectivity index (χ1v) is 5.13. The van der Waals surface area contributed by atoms with E-state index >= 15 is 0 Å². The molecule has 0 saturated carbocycles. The molecular weight excluding hydrogens is 240 g/mol. The number of hydrogen-bond donors (Lipinski definition) is 2. The van der Waals surface area contributed by atoms with E-state index in [1.165, 1.54) is 20.3 Å². The molecule has 0 amide bonds. The van der Waals surface area contributed by atoms with E-state index in [1.54, 1.807) is 0 Å². The monoisotopic (exact) mass is 252 g/mol. The Morgan fingerprint density at radius 3 is 2.61 bits per heavy atom. The Labute approximate surface area is 102 Å². The molecule has 0 atom stereocenters. The molecule has 1 aromatic carbocycles. The summed E-state index contributed by atoms with van der Waals surface area (Å²) in [6, 6.07) is 2.31. The third-order valence-corrected chi connectivity index (χ3v) is 2.47. The van der Waals surface area contributed by atoms with Crippen LogP contribution in [0.25, 0.3) is 11.0 Å². The first-order valence-electron chi connectivity index (χ1n) is 5.13. The standard InChI is InChI=1S/C12H12O6/c1-16-5-9-12(17-2)11(15)10-7(14)3-6(13)4-8(10)18-9/h3-4,13-14H,5H2,1-2H3. The van der Waals surface area contributed by atoms with Gasteiger partial charge in [0.2, 0.25) is 11.2 Å². The molecule has 2 rings (SSSR count). The molecule has 1 aromatic heterocycles. The maximum Gasteiger partial charge on any atom is 0.238 e. The van der Waals surface area contributed by atoms with Crippen molar-refractivity contribution in [2.75, 3.05) is 14.2 Å². The summed E-state index contributed by atoms with van der Waals surface area (Å²) in [5.41, 5.74) is -0.436. The van der Waals surface area contributed by atoms with Gasteiger partial charge in [-0.25, -0.2) is 0 Å². The molecule has 0 radical (unpaired) electrons. The molecule has 6 nitrogen and oxygen atoms in total. The van der Waals surface area contributed by atoms with E-state index in [0.29, 0.717) is 0 Å². The van der Waals surface area contributed by atoms with E-state index in [0.717, 1.165) is 6.07 Å². The second kappa shape index (κ2) is 4.58. The fourth-order valence-electron chi connectivity index (χ4n) is 1.75. The molecule has 0 aliphatic rings. The molecule has 2 N–H and O–H groups in total. The van der Waals surface area contributed by atoms with Crippen LogP contribution in [-0.2, 0) is 11.3 Å². The van der Waals surface area contributed by atoms with Crippen molar-refractivity contribution in [3.8, 4) is 17.2 Å². The predicted octanol–water partition coefficient (Wildman–Crippen LogP) is 1.36. The lowest BCUT2D eigenvalue weighted by Gasteiger charge is -2.09. The van der Waals surface area contributed by atoms with Crippen molar-refractivity contribution in [3.05, 3.63) is 28.1 Å². The summed E-state index contributed by atoms with van der Waals surface area (Å²) in [6.07, 6.45) is 0. The molecule has 0 aliphatic heterocycles. The number of phenols is 2. The fourth-order valence-corrected chi connectivity index (χ4v) is 1.75. The molecule has 1 heterocycles. The van der Waals surface area contributed by atoms with Gasteiger partial charge >= 0.3 is 0 Å². The van der Waals surface area contributed by atoms with Crippen LogP contribution >= 0.6 is 0 Å². The van der Waals surface area contributed by atoms with Gasteiger partial charge in [-0.15, -0.1) is 0 Å². The third kappa shape index (κ3) is 1.86. The van der Waals surface area contributed by atoms with Crippen LogP contribution in [0.2, 0.25) is 0 Å². The molecule has 0 unspecified atom stereocenters. The summed E-state index contributed by atoms with van der Waals surface area (Å²) in [5.74, 6) is -0.384. The van der Waals surface area contributed by atoms with Crippen LogP contribution in [0.3, 0.4) is 0 Å². The van der Waals surface area contributed by atoms with Crippen molar-refractivity contribution in [2.24, 2.45) is 0 Å². The summed E-state index contributed by atoms with van der Waals surface area (Å²) < 4.78 is 15.3. The molecule has 0 fully saturated rings. The van der Waals surface area contributed by atoms with Crippen molar-refractivity contribution in [1.82, 2.24) is 0 Å². The molecule has 0 aliphatic carbocycles. The first kappa shape index (κ1) is 12.3. The number of benzene rings is 1. The van der Waals surface area contributed by atoms with E-state index < -0.39 is 5.43 Å². The number of ether oxygens (including phenoxy) is 2. The molecule has 0 saturated heterocycles. The summed E-state index contributed by atoms with van der Waals surface area (Å²) >= 11 is 0. The van der Waals surface area contributed by atoms with Crippen molar-refractivity contribution in [3.63, 3.8) is 0 Å². The van der Waals surface area contributed by atoms with Crippen molar-refractivity contribution in [1.29, 1.82) is 0 Å². The highest BCUT2D eigenvalue weighted by atomic mass is 16.5. The highest BCUT2D eigenvalue weighted by molar-refractivity contribution is 5.85. The predicted molar refractivity (Wildman–Crippen MR) is 63.1 cm³/mol. The molecular formula is C12H12O6. The van der Waals surface area contributed by atoms with E-state index in [2.05, 4.69) is 0 Å². The summed E-state index contributed by atoms with van der Waals surface area (Å²) in [5, 5.41) is 19.0. The Bertz CT molecular complexity index is 643. The Morgan fingerprint density at radius 1 is 1.28 bits per heavy atom. The van der Waals surface area contributed by atoms with Crippen LogP contribution in [0, 0.1) is 0 Å². The second-order valence-corrected chi connectivity index (χ2v) is 3.66. The van der Waals surface area contributed by atoms with E-state index in [1.807, 2.05) is 0 Å². The van der Waals surface area contributed by atoms with E-state index in [-0.39, 0.29) is 40.6 Å². The molecule has 96 valence electrons. The maximum absolute atomic E-state index is 12.1. The van der Waals surface area contributed by atoms with Crippen molar-refractivity contribution < 1.29 is 24.1 Å². The highest BCUT2D eigenvalue weighted by Gasteiger charge is 2.18. The van der Waals surface area contributed by atoms with Gasteiger partial charge in [-0.2, -0.15) is 0 Å². The summed E-state index contributed by atoms with van der Waals surface area (Å²) in [7, 11) is 2.78. The topological polar surface area (TPSA) is 89.1 Å². The Hall–Kier alpha value is -2.21. The van der Waals surface area contributed by atoms with Gasteiger partial charge in [0.05, 0.1) is 7.11 Å². The zero-order valence-corrected chi connectivity index (χ0v) is 9.89. The SMILES string of the molecule is COCc1oc2cc(O)cc(O)c2c(=O)c1OC. The first-order chi connectivity index (χ1) is 8.58. The molecule has 18 heavy (non-hydrogen) atoms. The minimum absolute atomic E-state index is 0.0228. The minimum atomic E-state index is -0.511. The Kier molecular flexibility index (Phi) is 3.12. The third-order valence-electron chi connectivity index (χ3n) is 2.47. The van der Waals surface area contributed by atoms with Gasteiger partial charge in [0.15, 0.2) is 5.76 Å². The number of rotatable bonds is 3. The average Bonchev–Trinajstić information content (AvgIpc) is 2.28. The lowest BCUT2D eigenvalue weighted by Crippen LogP contribution is -2.09.